The van der Waals surface area contributed by atoms with E-state index in [0.29, 0.717) is 5.56 Å². The Morgan fingerprint density at radius 3 is 2.43 bits per heavy atom. The van der Waals surface area contributed by atoms with Gasteiger partial charge in [0.25, 0.3) is 5.91 Å². The number of carbonyl (C=O) groups is 2. The molecule has 110 valence electrons. The average Bonchev–Trinajstić information content (AvgIpc) is 2.89. The van der Waals surface area contributed by atoms with Crippen LogP contribution in [0.25, 0.3) is 0 Å². The van der Waals surface area contributed by atoms with E-state index in [1.54, 1.807) is 12.1 Å². The smallest absolute Gasteiger partial charge is 0.305 e. The van der Waals surface area contributed by atoms with E-state index in [9.17, 15) is 9.59 Å². The number of benzene rings is 1. The molecule has 1 aromatic carbocycles. The van der Waals surface area contributed by atoms with E-state index in [-0.39, 0.29) is 12.3 Å². The zero-order chi connectivity index (χ0) is 15.4. The number of carboxylic acid groups (broad SMARTS) is 1. The minimum Gasteiger partial charge on any atom is -0.481 e. The van der Waals surface area contributed by atoms with Crippen LogP contribution in [0.2, 0.25) is 0 Å². The minimum atomic E-state index is -0.955. The van der Waals surface area contributed by atoms with Gasteiger partial charge >= 0.3 is 5.97 Å². The van der Waals surface area contributed by atoms with E-state index in [1.165, 1.54) is 11.3 Å². The third-order valence-electron chi connectivity index (χ3n) is 2.70. The molecule has 0 saturated carbocycles. The number of hydrogen-bond donors (Lipinski definition) is 2. The molecule has 1 atom stereocenters. The number of carbonyl (C=O) groups excluding carboxylic acids is 1. The van der Waals surface area contributed by atoms with Crippen LogP contribution in [-0.4, -0.2) is 17.0 Å². The number of hydrogen-bond acceptors (Lipinski definition) is 3. The highest BCUT2D eigenvalue weighted by Gasteiger charge is 2.20. The molecule has 0 fully saturated rings. The van der Waals surface area contributed by atoms with Crippen LogP contribution in [0.4, 0.5) is 0 Å². The SMILES string of the molecule is O=C(O)CC(NC(=O)c1cc(Br)cc(Br)c1)c1cccs1. The van der Waals surface area contributed by atoms with Crippen LogP contribution in [0.3, 0.4) is 0 Å². The molecule has 1 unspecified atom stereocenters. The molecular weight excluding hydrogens is 422 g/mol. The molecule has 1 amide bonds. The summed E-state index contributed by atoms with van der Waals surface area (Å²) in [7, 11) is 0. The topological polar surface area (TPSA) is 66.4 Å². The van der Waals surface area contributed by atoms with Crippen LogP contribution >= 0.6 is 43.2 Å². The summed E-state index contributed by atoms with van der Waals surface area (Å²) < 4.78 is 1.54. The van der Waals surface area contributed by atoms with Crippen LogP contribution < -0.4 is 5.32 Å². The van der Waals surface area contributed by atoms with Gasteiger partial charge in [-0.15, -0.1) is 11.3 Å². The van der Waals surface area contributed by atoms with Crippen LogP contribution in [0.5, 0.6) is 0 Å². The molecule has 0 aliphatic carbocycles. The fourth-order valence-electron chi connectivity index (χ4n) is 1.81. The maximum absolute atomic E-state index is 12.3. The molecule has 0 saturated heterocycles. The van der Waals surface area contributed by atoms with Gasteiger partial charge in [-0.3, -0.25) is 9.59 Å². The van der Waals surface area contributed by atoms with E-state index in [2.05, 4.69) is 37.2 Å². The first-order chi connectivity index (χ1) is 9.95. The van der Waals surface area contributed by atoms with Gasteiger partial charge in [0, 0.05) is 19.4 Å². The molecule has 1 aromatic heterocycles. The second-order valence-electron chi connectivity index (χ2n) is 4.30. The zero-order valence-corrected chi connectivity index (χ0v) is 14.7. The van der Waals surface area contributed by atoms with Gasteiger partial charge in [0.2, 0.25) is 0 Å². The fourth-order valence-corrected chi connectivity index (χ4v) is 3.89. The van der Waals surface area contributed by atoms with E-state index in [0.717, 1.165) is 13.8 Å². The lowest BCUT2D eigenvalue weighted by Gasteiger charge is -2.16. The molecule has 0 bridgehead atoms. The van der Waals surface area contributed by atoms with Crippen molar-refractivity contribution in [1.82, 2.24) is 5.32 Å². The molecule has 2 N–H and O–H groups in total. The lowest BCUT2D eigenvalue weighted by molar-refractivity contribution is -0.137. The number of amides is 1. The maximum Gasteiger partial charge on any atom is 0.305 e. The summed E-state index contributed by atoms with van der Waals surface area (Å²) in [5, 5.41) is 13.6. The van der Waals surface area contributed by atoms with E-state index in [4.69, 9.17) is 5.11 Å². The predicted molar refractivity (Wildman–Crippen MR) is 88.6 cm³/mol. The van der Waals surface area contributed by atoms with Gasteiger partial charge in [-0.25, -0.2) is 0 Å². The van der Waals surface area contributed by atoms with Gasteiger partial charge in [0.05, 0.1) is 12.5 Å². The average molecular weight is 433 g/mol. The van der Waals surface area contributed by atoms with Crippen LogP contribution in [-0.2, 0) is 4.79 Å². The van der Waals surface area contributed by atoms with E-state index in [1.807, 2.05) is 23.6 Å². The summed E-state index contributed by atoms with van der Waals surface area (Å²) in [5.74, 6) is -1.26. The van der Waals surface area contributed by atoms with Gasteiger partial charge in [0.1, 0.15) is 0 Å². The first-order valence-corrected chi connectivity index (χ1v) is 8.44. The molecule has 0 aliphatic heterocycles. The summed E-state index contributed by atoms with van der Waals surface area (Å²) in [4.78, 5) is 24.1. The molecule has 7 heteroatoms. The summed E-state index contributed by atoms with van der Waals surface area (Å²) in [5.41, 5.74) is 0.461. The molecule has 2 aromatic rings. The number of nitrogens with one attached hydrogen (secondary N) is 1. The molecule has 1 heterocycles. The Balaban J connectivity index is 2.19. The number of halogens is 2. The standard InChI is InChI=1S/C14H11Br2NO3S/c15-9-4-8(5-10(16)6-9)14(20)17-11(7-13(18)19)12-2-1-3-21-12/h1-6,11H,7H2,(H,17,20)(H,18,19). The van der Waals surface area contributed by atoms with Crippen molar-refractivity contribution >= 4 is 55.1 Å². The van der Waals surface area contributed by atoms with Crippen LogP contribution in [0.15, 0.2) is 44.7 Å². The zero-order valence-electron chi connectivity index (χ0n) is 10.7. The molecule has 2 rings (SSSR count). The van der Waals surface area contributed by atoms with Crippen molar-refractivity contribution in [3.8, 4) is 0 Å². The largest absolute Gasteiger partial charge is 0.481 e. The Hall–Kier alpha value is -1.18. The maximum atomic E-state index is 12.3. The van der Waals surface area contributed by atoms with Gasteiger partial charge in [-0.05, 0) is 29.6 Å². The quantitative estimate of drug-likeness (QED) is 0.743. The summed E-state index contributed by atoms with van der Waals surface area (Å²) in [6.07, 6.45) is -0.151. The predicted octanol–water partition coefficient (Wildman–Crippen LogP) is 4.22. The van der Waals surface area contributed by atoms with Crippen molar-refractivity contribution in [3.63, 3.8) is 0 Å². The summed E-state index contributed by atoms with van der Waals surface area (Å²) >= 11 is 8.07. The van der Waals surface area contributed by atoms with E-state index < -0.39 is 12.0 Å². The molecule has 0 aliphatic rings. The van der Waals surface area contributed by atoms with Gasteiger partial charge in [0.15, 0.2) is 0 Å². The van der Waals surface area contributed by atoms with E-state index >= 15 is 0 Å². The first-order valence-electron chi connectivity index (χ1n) is 5.98. The molecule has 0 radical (unpaired) electrons. The highest BCUT2D eigenvalue weighted by atomic mass is 79.9. The second-order valence-corrected chi connectivity index (χ2v) is 7.11. The third kappa shape index (κ3) is 4.66. The Labute approximate surface area is 142 Å². The summed E-state index contributed by atoms with van der Waals surface area (Å²) in [6.45, 7) is 0. The molecule has 21 heavy (non-hydrogen) atoms. The van der Waals surface area contributed by atoms with Gasteiger partial charge in [-0.1, -0.05) is 37.9 Å². The molecule has 4 nitrogen and oxygen atoms in total. The van der Waals surface area contributed by atoms with Crippen molar-refractivity contribution in [2.24, 2.45) is 0 Å². The molecular formula is C14H11Br2NO3S. The lowest BCUT2D eigenvalue weighted by Crippen LogP contribution is -2.29. The Morgan fingerprint density at radius 2 is 1.90 bits per heavy atom. The molecule has 0 spiro atoms. The van der Waals surface area contributed by atoms with Gasteiger partial charge < -0.3 is 10.4 Å². The Bertz CT molecular complexity index is 638. The highest BCUT2D eigenvalue weighted by Crippen LogP contribution is 2.24. The van der Waals surface area contributed by atoms with Crippen LogP contribution in [0, 0.1) is 0 Å². The summed E-state index contributed by atoms with van der Waals surface area (Å²) in [6, 6.07) is 8.31. The second kappa shape index (κ2) is 7.20. The number of carboxylic acids is 1. The van der Waals surface area contributed by atoms with Crippen LogP contribution in [0.1, 0.15) is 27.7 Å². The van der Waals surface area contributed by atoms with Gasteiger partial charge in [-0.2, -0.15) is 0 Å². The first kappa shape index (κ1) is 16.2. The normalized spacial score (nSPS) is 11.9. The number of thiophene rings is 1. The Kier molecular flexibility index (Phi) is 5.55. The number of rotatable bonds is 5. The highest BCUT2D eigenvalue weighted by molar-refractivity contribution is 9.11. The third-order valence-corrected chi connectivity index (χ3v) is 4.60. The monoisotopic (exact) mass is 431 g/mol. The van der Waals surface area contributed by atoms with Crippen molar-refractivity contribution in [1.29, 1.82) is 0 Å². The minimum absolute atomic E-state index is 0.151. The number of aliphatic carboxylic acids is 1. The van der Waals surface area contributed by atoms with Crippen molar-refractivity contribution in [2.45, 2.75) is 12.5 Å². The van der Waals surface area contributed by atoms with Crippen molar-refractivity contribution < 1.29 is 14.7 Å². The lowest BCUT2D eigenvalue weighted by atomic mass is 10.1. The van der Waals surface area contributed by atoms with Crippen molar-refractivity contribution in [3.05, 3.63) is 55.1 Å². The fraction of sp³-hybridized carbons (Fsp3) is 0.143. The van der Waals surface area contributed by atoms with Crippen molar-refractivity contribution in [2.75, 3.05) is 0 Å². The Morgan fingerprint density at radius 1 is 1.24 bits per heavy atom.